The standard InChI is InChI=1S/C12H17BrOS/c1-8-6-11(9(2)15-8)12(13)7-10-4-3-5-14-10/h6,10,12H,3-5,7H2,1-2H3. The third-order valence-electron chi connectivity index (χ3n) is 2.91. The van der Waals surface area contributed by atoms with Gasteiger partial charge in [-0.25, -0.2) is 0 Å². The van der Waals surface area contributed by atoms with Crippen LogP contribution in [0.2, 0.25) is 0 Å². The van der Waals surface area contributed by atoms with Gasteiger partial charge < -0.3 is 4.74 Å². The van der Waals surface area contributed by atoms with Crippen LogP contribution < -0.4 is 0 Å². The number of ether oxygens (including phenoxy) is 1. The first-order valence-electron chi connectivity index (χ1n) is 5.49. The van der Waals surface area contributed by atoms with Gasteiger partial charge in [0, 0.05) is 21.2 Å². The predicted octanol–water partition coefficient (Wildman–Crippen LogP) is 4.37. The summed E-state index contributed by atoms with van der Waals surface area (Å²) in [5, 5.41) is 0. The molecule has 1 aliphatic rings. The summed E-state index contributed by atoms with van der Waals surface area (Å²) < 4.78 is 5.67. The van der Waals surface area contributed by atoms with E-state index in [0.29, 0.717) is 10.9 Å². The Kier molecular flexibility index (Phi) is 3.86. The van der Waals surface area contributed by atoms with Crippen molar-refractivity contribution in [1.29, 1.82) is 0 Å². The molecule has 0 bridgehead atoms. The van der Waals surface area contributed by atoms with E-state index in [-0.39, 0.29) is 0 Å². The summed E-state index contributed by atoms with van der Waals surface area (Å²) in [5.74, 6) is 0. The van der Waals surface area contributed by atoms with Crippen molar-refractivity contribution in [3.05, 3.63) is 21.4 Å². The molecule has 0 spiro atoms. The average Bonchev–Trinajstić information content (AvgIpc) is 2.75. The summed E-state index contributed by atoms with van der Waals surface area (Å²) in [5.41, 5.74) is 1.45. The Labute approximate surface area is 104 Å². The first-order valence-corrected chi connectivity index (χ1v) is 7.22. The number of aryl methyl sites for hydroxylation is 2. The number of rotatable bonds is 3. The van der Waals surface area contributed by atoms with Gasteiger partial charge in [-0.2, -0.15) is 0 Å². The highest BCUT2D eigenvalue weighted by Crippen LogP contribution is 2.36. The molecule has 0 radical (unpaired) electrons. The van der Waals surface area contributed by atoms with Crippen LogP contribution in [0, 0.1) is 13.8 Å². The maximum atomic E-state index is 5.67. The molecule has 1 aromatic rings. The average molecular weight is 289 g/mol. The molecule has 84 valence electrons. The first kappa shape index (κ1) is 11.6. The largest absolute Gasteiger partial charge is 0.378 e. The van der Waals surface area contributed by atoms with Gasteiger partial charge >= 0.3 is 0 Å². The lowest BCUT2D eigenvalue weighted by atomic mass is 10.1. The molecule has 1 saturated heterocycles. The molecule has 0 aliphatic carbocycles. The van der Waals surface area contributed by atoms with Gasteiger partial charge in [-0.1, -0.05) is 15.9 Å². The highest BCUT2D eigenvalue weighted by molar-refractivity contribution is 9.09. The van der Waals surface area contributed by atoms with Crippen molar-refractivity contribution in [2.75, 3.05) is 6.61 Å². The van der Waals surface area contributed by atoms with Crippen molar-refractivity contribution in [3.63, 3.8) is 0 Å². The van der Waals surface area contributed by atoms with Gasteiger partial charge in [-0.3, -0.25) is 0 Å². The summed E-state index contributed by atoms with van der Waals surface area (Å²) in [6.45, 7) is 5.33. The molecule has 0 aromatic carbocycles. The Bertz CT molecular complexity index is 328. The van der Waals surface area contributed by atoms with E-state index in [1.807, 2.05) is 11.3 Å². The van der Waals surface area contributed by atoms with Gasteiger partial charge in [0.15, 0.2) is 0 Å². The van der Waals surface area contributed by atoms with E-state index < -0.39 is 0 Å². The SMILES string of the molecule is Cc1cc(C(Br)CC2CCCO2)c(C)s1. The number of hydrogen-bond acceptors (Lipinski definition) is 2. The Balaban J connectivity index is 2.00. The molecule has 1 fully saturated rings. The van der Waals surface area contributed by atoms with Crippen molar-refractivity contribution in [1.82, 2.24) is 0 Å². The molecule has 0 amide bonds. The summed E-state index contributed by atoms with van der Waals surface area (Å²) in [4.78, 5) is 3.30. The summed E-state index contributed by atoms with van der Waals surface area (Å²) >= 11 is 5.67. The number of thiophene rings is 1. The highest BCUT2D eigenvalue weighted by Gasteiger charge is 2.21. The van der Waals surface area contributed by atoms with Gasteiger partial charge in [0.2, 0.25) is 0 Å². The van der Waals surface area contributed by atoms with Crippen LogP contribution in [0.5, 0.6) is 0 Å². The lowest BCUT2D eigenvalue weighted by molar-refractivity contribution is 0.104. The molecule has 2 heterocycles. The van der Waals surface area contributed by atoms with E-state index in [9.17, 15) is 0 Å². The number of alkyl halides is 1. The van der Waals surface area contributed by atoms with Crippen LogP contribution in [0.4, 0.5) is 0 Å². The molecule has 3 heteroatoms. The summed E-state index contributed by atoms with van der Waals surface area (Å²) in [6.07, 6.45) is 4.03. The number of hydrogen-bond donors (Lipinski definition) is 0. The van der Waals surface area contributed by atoms with Crippen LogP contribution in [0.25, 0.3) is 0 Å². The zero-order valence-electron chi connectivity index (χ0n) is 9.25. The fourth-order valence-electron chi connectivity index (χ4n) is 2.15. The van der Waals surface area contributed by atoms with E-state index >= 15 is 0 Å². The van der Waals surface area contributed by atoms with E-state index in [2.05, 4.69) is 35.8 Å². The van der Waals surface area contributed by atoms with Crippen LogP contribution in [0.3, 0.4) is 0 Å². The molecule has 2 rings (SSSR count). The lowest BCUT2D eigenvalue weighted by Crippen LogP contribution is -2.08. The smallest absolute Gasteiger partial charge is 0.0589 e. The third-order valence-corrected chi connectivity index (χ3v) is 4.76. The minimum Gasteiger partial charge on any atom is -0.378 e. The second kappa shape index (κ2) is 4.98. The van der Waals surface area contributed by atoms with E-state index in [0.717, 1.165) is 13.0 Å². The fraction of sp³-hybridized carbons (Fsp3) is 0.667. The summed E-state index contributed by atoms with van der Waals surface area (Å²) in [6, 6.07) is 2.30. The van der Waals surface area contributed by atoms with E-state index in [1.165, 1.54) is 28.2 Å². The molecule has 2 unspecified atom stereocenters. The topological polar surface area (TPSA) is 9.23 Å². The normalized spacial score (nSPS) is 23.3. The van der Waals surface area contributed by atoms with Gasteiger partial charge in [-0.05, 0) is 44.7 Å². The van der Waals surface area contributed by atoms with E-state index in [4.69, 9.17) is 4.74 Å². The summed E-state index contributed by atoms with van der Waals surface area (Å²) in [7, 11) is 0. The highest BCUT2D eigenvalue weighted by atomic mass is 79.9. The molecule has 0 N–H and O–H groups in total. The molecule has 1 nitrogen and oxygen atoms in total. The number of halogens is 1. The lowest BCUT2D eigenvalue weighted by Gasteiger charge is -2.14. The second-order valence-electron chi connectivity index (χ2n) is 4.21. The van der Waals surface area contributed by atoms with Crippen molar-refractivity contribution in [2.45, 2.75) is 44.0 Å². The zero-order chi connectivity index (χ0) is 10.8. The fourth-order valence-corrected chi connectivity index (χ4v) is 4.18. The van der Waals surface area contributed by atoms with Gasteiger partial charge in [0.1, 0.15) is 0 Å². The third kappa shape index (κ3) is 2.83. The van der Waals surface area contributed by atoms with E-state index in [1.54, 1.807) is 0 Å². The quantitative estimate of drug-likeness (QED) is 0.751. The Hall–Kier alpha value is 0.140. The van der Waals surface area contributed by atoms with Crippen molar-refractivity contribution >= 4 is 27.3 Å². The predicted molar refractivity (Wildman–Crippen MR) is 69.1 cm³/mol. The zero-order valence-corrected chi connectivity index (χ0v) is 11.7. The first-order chi connectivity index (χ1) is 7.16. The maximum absolute atomic E-state index is 5.67. The molecular weight excluding hydrogens is 272 g/mol. The van der Waals surface area contributed by atoms with Crippen LogP contribution in [0.15, 0.2) is 6.07 Å². The van der Waals surface area contributed by atoms with Crippen LogP contribution in [-0.4, -0.2) is 12.7 Å². The molecular formula is C12H17BrOS. The van der Waals surface area contributed by atoms with Gasteiger partial charge in [0.05, 0.1) is 6.10 Å². The minimum absolute atomic E-state index is 0.463. The Morgan fingerprint density at radius 3 is 2.93 bits per heavy atom. The molecule has 15 heavy (non-hydrogen) atoms. The second-order valence-corrected chi connectivity index (χ2v) is 6.77. The Morgan fingerprint density at radius 2 is 2.40 bits per heavy atom. The Morgan fingerprint density at radius 1 is 1.60 bits per heavy atom. The van der Waals surface area contributed by atoms with Gasteiger partial charge in [-0.15, -0.1) is 11.3 Å². The van der Waals surface area contributed by atoms with Gasteiger partial charge in [0.25, 0.3) is 0 Å². The maximum Gasteiger partial charge on any atom is 0.0589 e. The van der Waals surface area contributed by atoms with Crippen molar-refractivity contribution < 1.29 is 4.74 Å². The van der Waals surface area contributed by atoms with Crippen LogP contribution >= 0.6 is 27.3 Å². The van der Waals surface area contributed by atoms with Crippen LogP contribution in [-0.2, 0) is 4.74 Å². The van der Waals surface area contributed by atoms with Crippen molar-refractivity contribution in [3.8, 4) is 0 Å². The van der Waals surface area contributed by atoms with Crippen LogP contribution in [0.1, 0.15) is 39.4 Å². The minimum atomic E-state index is 0.463. The monoisotopic (exact) mass is 288 g/mol. The molecule has 1 aromatic heterocycles. The molecule has 2 atom stereocenters. The molecule has 0 saturated carbocycles. The molecule has 1 aliphatic heterocycles. The van der Waals surface area contributed by atoms with Crippen molar-refractivity contribution in [2.24, 2.45) is 0 Å².